The van der Waals surface area contributed by atoms with Gasteiger partial charge in [-0.05, 0) is 36.4 Å². The monoisotopic (exact) mass is 381 g/mol. The van der Waals surface area contributed by atoms with E-state index >= 15 is 0 Å². The molecule has 8 nitrogen and oxygen atoms in total. The van der Waals surface area contributed by atoms with Crippen molar-refractivity contribution in [1.82, 2.24) is 14.3 Å². The van der Waals surface area contributed by atoms with Crippen LogP contribution in [-0.2, 0) is 17.9 Å². The third-order valence-electron chi connectivity index (χ3n) is 4.39. The number of carbonyl (C=O) groups is 1. The van der Waals surface area contributed by atoms with E-state index in [2.05, 4.69) is 10.4 Å². The summed E-state index contributed by atoms with van der Waals surface area (Å²) in [6.45, 7) is 0.410. The number of hydrogen-bond acceptors (Lipinski definition) is 5. The number of halogens is 1. The van der Waals surface area contributed by atoms with Crippen molar-refractivity contribution in [3.63, 3.8) is 0 Å². The van der Waals surface area contributed by atoms with Gasteiger partial charge >= 0.3 is 11.1 Å². The summed E-state index contributed by atoms with van der Waals surface area (Å²) in [5, 5.41) is 6.79. The lowest BCUT2D eigenvalue weighted by Gasteiger charge is -2.17. The summed E-state index contributed by atoms with van der Waals surface area (Å²) in [5.41, 5.74) is -0.379. The maximum Gasteiger partial charge on any atom is 0.333 e. The van der Waals surface area contributed by atoms with Crippen LogP contribution in [0.4, 0.5) is 21.7 Å². The van der Waals surface area contributed by atoms with Gasteiger partial charge in [0.1, 0.15) is 12.4 Å². The fourth-order valence-electron chi connectivity index (χ4n) is 3.05. The molecule has 0 bridgehead atoms. The van der Waals surface area contributed by atoms with Crippen molar-refractivity contribution in [1.29, 1.82) is 0 Å². The second-order valence-corrected chi connectivity index (χ2v) is 6.26. The van der Waals surface area contributed by atoms with Gasteiger partial charge in [-0.3, -0.25) is 19.0 Å². The van der Waals surface area contributed by atoms with E-state index in [1.807, 2.05) is 35.2 Å². The number of nitrogens with zero attached hydrogens (tertiary/aromatic N) is 4. The quantitative estimate of drug-likeness (QED) is 0.689. The Morgan fingerprint density at radius 3 is 2.43 bits per heavy atom. The lowest BCUT2D eigenvalue weighted by Crippen LogP contribution is -2.44. The summed E-state index contributed by atoms with van der Waals surface area (Å²) in [4.78, 5) is 38.8. The van der Waals surface area contributed by atoms with Gasteiger partial charge in [0, 0.05) is 24.5 Å². The molecule has 4 rings (SSSR count). The molecule has 1 amide bonds. The summed E-state index contributed by atoms with van der Waals surface area (Å²) in [6, 6.07) is 14.6. The summed E-state index contributed by atoms with van der Waals surface area (Å²) in [6.07, 6.45) is 0. The minimum Gasteiger partial charge on any atom is -0.324 e. The Morgan fingerprint density at radius 2 is 1.71 bits per heavy atom. The Labute approximate surface area is 158 Å². The van der Waals surface area contributed by atoms with E-state index in [-0.39, 0.29) is 0 Å². The Bertz CT molecular complexity index is 1140. The van der Waals surface area contributed by atoms with Gasteiger partial charge in [0.15, 0.2) is 0 Å². The minimum absolute atomic E-state index is 0.311. The van der Waals surface area contributed by atoms with E-state index in [1.54, 1.807) is 0 Å². The van der Waals surface area contributed by atoms with E-state index in [4.69, 9.17) is 0 Å². The molecule has 0 radical (unpaired) electrons. The van der Waals surface area contributed by atoms with Crippen molar-refractivity contribution in [2.45, 2.75) is 13.1 Å². The normalized spacial score (nSPS) is 12.7. The predicted molar refractivity (Wildman–Crippen MR) is 101 cm³/mol. The molecular weight excluding hydrogens is 365 g/mol. The molecule has 2 heterocycles. The van der Waals surface area contributed by atoms with Crippen LogP contribution in [0.2, 0.25) is 0 Å². The van der Waals surface area contributed by atoms with E-state index in [9.17, 15) is 18.8 Å². The van der Waals surface area contributed by atoms with Gasteiger partial charge in [0.25, 0.3) is 0 Å². The number of benzene rings is 2. The first-order valence-electron chi connectivity index (χ1n) is 8.63. The Hall–Kier alpha value is -3.75. The molecule has 0 fully saturated rings. The number of fused-ring (bicyclic) bond motifs is 1. The molecule has 1 aromatic heterocycles. The maximum atomic E-state index is 13.0. The van der Waals surface area contributed by atoms with Crippen molar-refractivity contribution in [2.75, 3.05) is 16.8 Å². The summed E-state index contributed by atoms with van der Waals surface area (Å²) in [5.74, 6) is -0.663. The van der Waals surface area contributed by atoms with E-state index in [1.165, 1.54) is 28.8 Å². The molecule has 9 heteroatoms. The topological polar surface area (TPSA) is 89.2 Å². The second kappa shape index (κ2) is 7.10. The molecule has 1 N–H and O–H groups in total. The fraction of sp³-hybridized carbons (Fsp3) is 0.158. The number of para-hydroxylation sites is 1. The lowest BCUT2D eigenvalue weighted by atomic mass is 10.3. The Balaban J connectivity index is 1.62. The number of nitrogens with one attached hydrogen (secondary N) is 1. The van der Waals surface area contributed by atoms with Gasteiger partial charge in [-0.2, -0.15) is 0 Å². The average Bonchev–Trinajstić information content (AvgIpc) is 3.12. The van der Waals surface area contributed by atoms with E-state index < -0.39 is 29.4 Å². The number of rotatable bonds is 4. The van der Waals surface area contributed by atoms with Gasteiger partial charge in [0.2, 0.25) is 11.9 Å². The summed E-state index contributed by atoms with van der Waals surface area (Å²) >= 11 is 0. The van der Waals surface area contributed by atoms with Gasteiger partial charge in [-0.1, -0.05) is 18.2 Å². The van der Waals surface area contributed by atoms with E-state index in [0.29, 0.717) is 24.7 Å². The van der Waals surface area contributed by atoms with Crippen molar-refractivity contribution >= 4 is 23.2 Å². The molecule has 0 saturated heterocycles. The van der Waals surface area contributed by atoms with Crippen LogP contribution in [0.1, 0.15) is 0 Å². The third kappa shape index (κ3) is 3.29. The largest absolute Gasteiger partial charge is 0.333 e. The minimum atomic E-state index is -0.868. The van der Waals surface area contributed by atoms with Crippen LogP contribution in [0.25, 0.3) is 0 Å². The first-order chi connectivity index (χ1) is 13.5. The summed E-state index contributed by atoms with van der Waals surface area (Å²) in [7, 11) is 0. The molecule has 1 aliphatic rings. The Morgan fingerprint density at radius 1 is 1.00 bits per heavy atom. The number of anilines is 3. The highest BCUT2D eigenvalue weighted by Crippen LogP contribution is 2.25. The van der Waals surface area contributed by atoms with Crippen LogP contribution in [0.5, 0.6) is 0 Å². The number of amides is 1. The first-order valence-corrected chi connectivity index (χ1v) is 8.63. The van der Waals surface area contributed by atoms with Crippen molar-refractivity contribution in [2.24, 2.45) is 0 Å². The second-order valence-electron chi connectivity index (χ2n) is 6.26. The van der Waals surface area contributed by atoms with E-state index in [0.717, 1.165) is 10.4 Å². The molecular formula is C19H16FN5O3. The first kappa shape index (κ1) is 17.7. The van der Waals surface area contributed by atoms with Crippen LogP contribution in [0, 0.1) is 5.82 Å². The zero-order chi connectivity index (χ0) is 19.7. The zero-order valence-electron chi connectivity index (χ0n) is 14.7. The third-order valence-corrected chi connectivity index (χ3v) is 4.39. The van der Waals surface area contributed by atoms with Crippen molar-refractivity contribution in [3.8, 4) is 0 Å². The molecule has 1 aliphatic heterocycles. The molecule has 142 valence electrons. The van der Waals surface area contributed by atoms with Crippen LogP contribution in [-0.4, -0.2) is 26.8 Å². The highest BCUT2D eigenvalue weighted by molar-refractivity contribution is 5.90. The number of carbonyl (C=O) groups excluding carboxylic acids is 1. The fourth-order valence-corrected chi connectivity index (χ4v) is 3.05. The predicted octanol–water partition coefficient (Wildman–Crippen LogP) is 1.33. The highest BCUT2D eigenvalue weighted by Gasteiger charge is 2.26. The van der Waals surface area contributed by atoms with Gasteiger partial charge in [-0.15, -0.1) is 5.10 Å². The van der Waals surface area contributed by atoms with Crippen LogP contribution in [0.3, 0.4) is 0 Å². The molecule has 0 spiro atoms. The standard InChI is InChI=1S/C19H16FN5O3/c20-13-6-8-14(9-7-13)21-16(26)12-25-18(28)17(27)24-11-10-23(19(24)22-25)15-4-2-1-3-5-15/h1-9H,10-12H2,(H,21,26). The number of aromatic nitrogens is 3. The molecule has 0 saturated carbocycles. The highest BCUT2D eigenvalue weighted by atomic mass is 19.1. The summed E-state index contributed by atoms with van der Waals surface area (Å²) < 4.78 is 15.1. The molecule has 0 atom stereocenters. The lowest BCUT2D eigenvalue weighted by molar-refractivity contribution is -0.117. The van der Waals surface area contributed by atoms with Gasteiger partial charge in [-0.25, -0.2) is 9.07 Å². The smallest absolute Gasteiger partial charge is 0.324 e. The average molecular weight is 381 g/mol. The van der Waals surface area contributed by atoms with Crippen LogP contribution in [0.15, 0.2) is 64.2 Å². The SMILES string of the molecule is O=C(Cn1nc2n(c(=O)c1=O)CCN2c1ccccc1)Nc1ccc(F)cc1. The zero-order valence-corrected chi connectivity index (χ0v) is 14.7. The number of hydrogen-bond donors (Lipinski definition) is 1. The molecule has 0 aliphatic carbocycles. The molecule has 28 heavy (non-hydrogen) atoms. The van der Waals surface area contributed by atoms with Crippen molar-refractivity contribution < 1.29 is 9.18 Å². The van der Waals surface area contributed by atoms with Crippen LogP contribution >= 0.6 is 0 Å². The maximum absolute atomic E-state index is 13.0. The van der Waals surface area contributed by atoms with Crippen molar-refractivity contribution in [3.05, 3.63) is 81.1 Å². The van der Waals surface area contributed by atoms with Crippen LogP contribution < -0.4 is 21.3 Å². The molecule has 0 unspecified atom stereocenters. The molecule has 2 aromatic carbocycles. The Kier molecular flexibility index (Phi) is 4.48. The van der Waals surface area contributed by atoms with Gasteiger partial charge in [0.05, 0.1) is 0 Å². The molecule has 3 aromatic rings. The van der Waals surface area contributed by atoms with Gasteiger partial charge < -0.3 is 10.2 Å².